The van der Waals surface area contributed by atoms with Gasteiger partial charge >= 0.3 is 12.0 Å². The van der Waals surface area contributed by atoms with Gasteiger partial charge in [-0.05, 0) is 6.42 Å². The van der Waals surface area contributed by atoms with Crippen molar-refractivity contribution in [3.8, 4) is 0 Å². The summed E-state index contributed by atoms with van der Waals surface area (Å²) < 4.78 is 0. The second-order valence-electron chi connectivity index (χ2n) is 3.46. The second kappa shape index (κ2) is 3.64. The quantitative estimate of drug-likeness (QED) is 0.588. The van der Waals surface area contributed by atoms with Gasteiger partial charge in [0, 0.05) is 18.5 Å². The Labute approximate surface area is 76.5 Å². The minimum absolute atomic E-state index is 0.0940. The molecule has 0 aromatic carbocycles. The molecule has 1 saturated heterocycles. The van der Waals surface area contributed by atoms with Crippen molar-refractivity contribution in [1.29, 1.82) is 0 Å². The smallest absolute Gasteiger partial charge is 0.314 e. The summed E-state index contributed by atoms with van der Waals surface area (Å²) in [6.45, 7) is 2.82. The topological polar surface area (TPSA) is 78.4 Å². The molecule has 0 spiro atoms. The van der Waals surface area contributed by atoms with Gasteiger partial charge in [-0.3, -0.25) is 4.79 Å². The number of nitrogens with one attached hydrogen (secondary N) is 2. The van der Waals surface area contributed by atoms with Crippen LogP contribution in [0.25, 0.3) is 0 Å². The van der Waals surface area contributed by atoms with E-state index < -0.39 is 5.97 Å². The highest BCUT2D eigenvalue weighted by molar-refractivity contribution is 5.75. The third-order valence-corrected chi connectivity index (χ3v) is 2.52. The number of hydrogen-bond acceptors (Lipinski definition) is 2. The molecule has 3 N–H and O–H groups in total. The van der Waals surface area contributed by atoms with E-state index >= 15 is 0 Å². The zero-order valence-corrected chi connectivity index (χ0v) is 7.59. The summed E-state index contributed by atoms with van der Waals surface area (Å²) in [5, 5.41) is 13.9. The number of rotatable bonds is 3. The van der Waals surface area contributed by atoms with E-state index in [0.717, 1.165) is 6.42 Å². The molecule has 1 aliphatic heterocycles. The number of hydrogen-bond donors (Lipinski definition) is 3. The molecule has 1 heterocycles. The van der Waals surface area contributed by atoms with E-state index in [-0.39, 0.29) is 17.9 Å². The normalized spacial score (nSPS) is 20.2. The first-order chi connectivity index (χ1) is 6.08. The van der Waals surface area contributed by atoms with Gasteiger partial charge in [-0.15, -0.1) is 0 Å². The Balaban J connectivity index is 2.60. The Morgan fingerprint density at radius 1 is 1.54 bits per heavy atom. The monoisotopic (exact) mass is 186 g/mol. The number of carboxylic acid groups (broad SMARTS) is 1. The van der Waals surface area contributed by atoms with Crippen molar-refractivity contribution >= 4 is 12.0 Å². The molecule has 5 nitrogen and oxygen atoms in total. The first-order valence-electron chi connectivity index (χ1n) is 4.31. The van der Waals surface area contributed by atoms with E-state index in [9.17, 15) is 9.59 Å². The Hall–Kier alpha value is -1.26. The van der Waals surface area contributed by atoms with Crippen LogP contribution < -0.4 is 10.6 Å². The molecular weight excluding hydrogens is 172 g/mol. The Morgan fingerprint density at radius 2 is 2.08 bits per heavy atom. The van der Waals surface area contributed by atoms with Gasteiger partial charge in [0.2, 0.25) is 0 Å². The maximum Gasteiger partial charge on any atom is 0.314 e. The summed E-state index contributed by atoms with van der Waals surface area (Å²) in [7, 11) is 0. The standard InChI is InChI=1S/C8H14N2O3/c1-2-8(3-6(11)12)4-9-7(13)10-5-8/h2-5H2,1H3,(H,11,12)(H2,9,10,13). The van der Waals surface area contributed by atoms with E-state index in [0.29, 0.717) is 13.1 Å². The van der Waals surface area contributed by atoms with Crippen LogP contribution in [0, 0.1) is 5.41 Å². The van der Waals surface area contributed by atoms with E-state index in [1.807, 2.05) is 6.92 Å². The van der Waals surface area contributed by atoms with E-state index in [1.54, 1.807) is 0 Å². The summed E-state index contributed by atoms with van der Waals surface area (Å²) in [5.74, 6) is -0.820. The van der Waals surface area contributed by atoms with Crippen LogP contribution in [-0.2, 0) is 4.79 Å². The molecule has 2 amide bonds. The lowest BCUT2D eigenvalue weighted by molar-refractivity contribution is -0.139. The van der Waals surface area contributed by atoms with Crippen LogP contribution in [0.15, 0.2) is 0 Å². The molecule has 0 radical (unpaired) electrons. The number of amides is 2. The van der Waals surface area contributed by atoms with Crippen molar-refractivity contribution in [3.05, 3.63) is 0 Å². The number of urea groups is 1. The number of aliphatic carboxylic acids is 1. The molecule has 1 rings (SSSR count). The maximum absolute atomic E-state index is 10.8. The summed E-state index contributed by atoms with van der Waals surface area (Å²) in [4.78, 5) is 21.4. The van der Waals surface area contributed by atoms with Crippen LogP contribution in [0.3, 0.4) is 0 Å². The lowest BCUT2D eigenvalue weighted by atomic mass is 9.80. The molecule has 0 aliphatic carbocycles. The first kappa shape index (κ1) is 9.83. The minimum Gasteiger partial charge on any atom is -0.481 e. The highest BCUT2D eigenvalue weighted by Crippen LogP contribution is 2.26. The Kier molecular flexibility index (Phi) is 2.75. The fourth-order valence-corrected chi connectivity index (χ4v) is 1.48. The van der Waals surface area contributed by atoms with Gasteiger partial charge in [0.05, 0.1) is 6.42 Å². The molecule has 0 aromatic heterocycles. The van der Waals surface area contributed by atoms with Crippen molar-refractivity contribution in [3.63, 3.8) is 0 Å². The van der Waals surface area contributed by atoms with E-state index in [1.165, 1.54) is 0 Å². The fraction of sp³-hybridized carbons (Fsp3) is 0.750. The van der Waals surface area contributed by atoms with Gasteiger partial charge in [0.25, 0.3) is 0 Å². The van der Waals surface area contributed by atoms with Crippen molar-refractivity contribution < 1.29 is 14.7 Å². The highest BCUT2D eigenvalue weighted by Gasteiger charge is 2.34. The van der Waals surface area contributed by atoms with Crippen molar-refractivity contribution in [2.45, 2.75) is 19.8 Å². The van der Waals surface area contributed by atoms with Crippen LogP contribution in [-0.4, -0.2) is 30.2 Å². The third kappa shape index (κ3) is 2.34. The summed E-state index contributed by atoms with van der Waals surface area (Å²) in [6.07, 6.45) is 0.837. The van der Waals surface area contributed by atoms with Crippen molar-refractivity contribution in [2.24, 2.45) is 5.41 Å². The minimum atomic E-state index is -0.820. The van der Waals surface area contributed by atoms with Gasteiger partial charge in [0.1, 0.15) is 0 Å². The molecule has 0 saturated carbocycles. The summed E-state index contributed by atoms with van der Waals surface area (Å²) >= 11 is 0. The molecule has 1 fully saturated rings. The zero-order chi connectivity index (χ0) is 9.90. The second-order valence-corrected chi connectivity index (χ2v) is 3.46. The Bertz CT molecular complexity index is 217. The lowest BCUT2D eigenvalue weighted by Crippen LogP contribution is -2.55. The first-order valence-corrected chi connectivity index (χ1v) is 4.31. The molecule has 0 unspecified atom stereocenters. The fourth-order valence-electron chi connectivity index (χ4n) is 1.48. The molecule has 5 heteroatoms. The predicted molar refractivity (Wildman–Crippen MR) is 46.4 cm³/mol. The predicted octanol–water partition coefficient (Wildman–Crippen LogP) is 0.170. The average Bonchev–Trinajstić information content (AvgIpc) is 2.09. The largest absolute Gasteiger partial charge is 0.481 e. The molecule has 1 aliphatic rings. The van der Waals surface area contributed by atoms with Crippen LogP contribution >= 0.6 is 0 Å². The lowest BCUT2D eigenvalue weighted by Gasteiger charge is -2.35. The van der Waals surface area contributed by atoms with Gasteiger partial charge in [-0.1, -0.05) is 6.92 Å². The number of carboxylic acids is 1. The molecular formula is C8H14N2O3. The van der Waals surface area contributed by atoms with Crippen LogP contribution in [0.4, 0.5) is 4.79 Å². The molecule has 13 heavy (non-hydrogen) atoms. The molecule has 0 atom stereocenters. The molecule has 74 valence electrons. The van der Waals surface area contributed by atoms with Gasteiger partial charge in [-0.25, -0.2) is 4.79 Å². The van der Waals surface area contributed by atoms with Crippen LogP contribution in [0.2, 0.25) is 0 Å². The number of carbonyl (C=O) groups excluding carboxylic acids is 1. The van der Waals surface area contributed by atoms with Gasteiger partial charge in [-0.2, -0.15) is 0 Å². The van der Waals surface area contributed by atoms with Crippen LogP contribution in [0.1, 0.15) is 19.8 Å². The van der Waals surface area contributed by atoms with E-state index in [2.05, 4.69) is 10.6 Å². The third-order valence-electron chi connectivity index (χ3n) is 2.52. The summed E-state index contributed by atoms with van der Waals surface area (Å²) in [6, 6.07) is -0.213. The average molecular weight is 186 g/mol. The van der Waals surface area contributed by atoms with Crippen LogP contribution in [0.5, 0.6) is 0 Å². The van der Waals surface area contributed by atoms with Crippen molar-refractivity contribution in [1.82, 2.24) is 10.6 Å². The molecule has 0 aromatic rings. The summed E-state index contributed by atoms with van der Waals surface area (Å²) in [5.41, 5.74) is -0.320. The van der Waals surface area contributed by atoms with Gasteiger partial charge in [0.15, 0.2) is 0 Å². The number of carbonyl (C=O) groups is 2. The molecule has 0 bridgehead atoms. The van der Waals surface area contributed by atoms with Gasteiger partial charge < -0.3 is 15.7 Å². The maximum atomic E-state index is 10.8. The Morgan fingerprint density at radius 3 is 2.46 bits per heavy atom. The zero-order valence-electron chi connectivity index (χ0n) is 7.59. The van der Waals surface area contributed by atoms with E-state index in [4.69, 9.17) is 5.11 Å². The SMILES string of the molecule is CCC1(CC(=O)O)CNC(=O)NC1. The highest BCUT2D eigenvalue weighted by atomic mass is 16.4. The van der Waals surface area contributed by atoms with Crippen molar-refractivity contribution in [2.75, 3.05) is 13.1 Å².